The molecule has 2 radical (unpaired) electrons. The van der Waals surface area contributed by atoms with Crippen molar-refractivity contribution in [3.8, 4) is 0 Å². The largest absolute Gasteiger partial charge is 0.0887 e. The van der Waals surface area contributed by atoms with Gasteiger partial charge in [-0.3, -0.25) is 0 Å². The van der Waals surface area contributed by atoms with Crippen LogP contribution in [0.1, 0.15) is 33.6 Å². The molecule has 0 heterocycles. The number of hydrogen-bond acceptors (Lipinski definition) is 0. The summed E-state index contributed by atoms with van der Waals surface area (Å²) in [7, 11) is 0.944. The van der Waals surface area contributed by atoms with E-state index in [0.717, 1.165) is 26.9 Å². The normalized spacial score (nSPS) is 24.8. The Morgan fingerprint density at radius 1 is 1.18 bits per heavy atom. The van der Waals surface area contributed by atoms with Crippen LogP contribution in [0, 0.1) is 11.8 Å². The first-order valence-corrected chi connectivity index (χ1v) is 7.73. The molecular weight excluding hydrogens is 220 g/mol. The van der Waals surface area contributed by atoms with Crippen LogP contribution in [-0.4, -0.2) is 9.52 Å². The summed E-state index contributed by atoms with van der Waals surface area (Å²) < 4.78 is 0. The Kier molecular flexibility index (Phi) is 4.22. The first-order valence-electron chi connectivity index (χ1n) is 6.65. The van der Waals surface area contributed by atoms with E-state index in [4.69, 9.17) is 0 Å². The molecule has 2 atom stereocenters. The Balaban J connectivity index is 2.05. The molecule has 0 aromatic heterocycles. The zero-order chi connectivity index (χ0) is 12.3. The van der Waals surface area contributed by atoms with Crippen LogP contribution in [0.5, 0.6) is 0 Å². The van der Waals surface area contributed by atoms with Gasteiger partial charge in [0.15, 0.2) is 0 Å². The smallest absolute Gasteiger partial charge is 0.0853 e. The quantitative estimate of drug-likeness (QED) is 0.558. The van der Waals surface area contributed by atoms with Gasteiger partial charge in [-0.25, -0.2) is 0 Å². The van der Waals surface area contributed by atoms with Gasteiger partial charge in [0.25, 0.3) is 0 Å². The Hall–Kier alpha value is -0.823. The van der Waals surface area contributed by atoms with E-state index in [-0.39, 0.29) is 0 Å². The molecule has 1 aliphatic carbocycles. The molecule has 1 aromatic rings. The van der Waals surface area contributed by atoms with E-state index in [1.807, 2.05) is 0 Å². The third kappa shape index (κ3) is 3.32. The Morgan fingerprint density at radius 2 is 1.88 bits per heavy atom. The molecule has 1 aromatic carbocycles. The Bertz CT molecular complexity index is 378. The van der Waals surface area contributed by atoms with Gasteiger partial charge in [0.05, 0.1) is 9.52 Å². The summed E-state index contributed by atoms with van der Waals surface area (Å²) >= 11 is 0. The molecule has 0 spiro atoms. The average Bonchev–Trinajstić information content (AvgIpc) is 2.33. The third-order valence-electron chi connectivity index (χ3n) is 3.89. The van der Waals surface area contributed by atoms with Crippen molar-refractivity contribution in [1.29, 1.82) is 0 Å². The SMILES string of the molecule is CC1=CCC(C(C)C)CC1[Si]c1ccccc1. The summed E-state index contributed by atoms with van der Waals surface area (Å²) in [6, 6.07) is 11.0. The van der Waals surface area contributed by atoms with E-state index in [0.29, 0.717) is 0 Å². The first kappa shape index (κ1) is 12.6. The number of hydrogen-bond donors (Lipinski definition) is 0. The fraction of sp³-hybridized carbons (Fsp3) is 0.500. The Labute approximate surface area is 108 Å². The van der Waals surface area contributed by atoms with Crippen molar-refractivity contribution in [3.05, 3.63) is 42.0 Å². The molecule has 90 valence electrons. The average molecular weight is 242 g/mol. The van der Waals surface area contributed by atoms with Crippen molar-refractivity contribution in [2.24, 2.45) is 11.8 Å². The minimum atomic E-state index is 0.790. The molecule has 0 aliphatic heterocycles. The molecule has 0 saturated carbocycles. The van der Waals surface area contributed by atoms with Crippen LogP contribution in [0.25, 0.3) is 0 Å². The summed E-state index contributed by atoms with van der Waals surface area (Å²) in [5.41, 5.74) is 2.41. The molecule has 0 N–H and O–H groups in total. The van der Waals surface area contributed by atoms with E-state index in [2.05, 4.69) is 57.2 Å². The molecule has 2 unspecified atom stereocenters. The maximum absolute atomic E-state index is 2.48. The molecule has 1 heteroatoms. The summed E-state index contributed by atoms with van der Waals surface area (Å²) in [6.45, 7) is 7.04. The lowest BCUT2D eigenvalue weighted by molar-refractivity contribution is 0.350. The molecule has 17 heavy (non-hydrogen) atoms. The van der Waals surface area contributed by atoms with E-state index in [9.17, 15) is 0 Å². The van der Waals surface area contributed by atoms with E-state index >= 15 is 0 Å². The molecular formula is C16H22Si. The summed E-state index contributed by atoms with van der Waals surface area (Å²) in [5.74, 6) is 1.71. The number of allylic oxidation sites excluding steroid dienone is 2. The van der Waals surface area contributed by atoms with Crippen molar-refractivity contribution in [2.45, 2.75) is 39.2 Å². The van der Waals surface area contributed by atoms with Gasteiger partial charge in [0, 0.05) is 0 Å². The standard InChI is InChI=1S/C16H22Si/c1-12(2)14-10-9-13(3)16(11-14)17-15-7-5-4-6-8-15/h4-9,12,14,16H,10-11H2,1-3H3. The second-order valence-electron chi connectivity index (χ2n) is 5.49. The topological polar surface area (TPSA) is 0 Å². The highest BCUT2D eigenvalue weighted by Gasteiger charge is 2.24. The van der Waals surface area contributed by atoms with E-state index in [1.165, 1.54) is 18.0 Å². The van der Waals surface area contributed by atoms with Gasteiger partial charge in [-0.05, 0) is 37.1 Å². The van der Waals surface area contributed by atoms with Crippen molar-refractivity contribution in [3.63, 3.8) is 0 Å². The highest BCUT2D eigenvalue weighted by molar-refractivity contribution is 6.55. The first-order chi connectivity index (χ1) is 8.16. The predicted octanol–water partition coefficient (Wildman–Crippen LogP) is 3.82. The summed E-state index contributed by atoms with van der Waals surface area (Å²) in [4.78, 5) is 0. The number of benzene rings is 1. The van der Waals surface area contributed by atoms with Crippen molar-refractivity contribution < 1.29 is 0 Å². The Morgan fingerprint density at radius 3 is 2.53 bits per heavy atom. The van der Waals surface area contributed by atoms with Gasteiger partial charge in [-0.15, -0.1) is 0 Å². The van der Waals surface area contributed by atoms with E-state index < -0.39 is 0 Å². The maximum Gasteiger partial charge on any atom is 0.0887 e. The zero-order valence-corrected chi connectivity index (χ0v) is 12.1. The minimum Gasteiger partial charge on any atom is -0.0853 e. The third-order valence-corrected chi connectivity index (χ3v) is 5.59. The summed E-state index contributed by atoms with van der Waals surface area (Å²) in [5, 5.41) is 1.51. The molecule has 0 saturated heterocycles. The van der Waals surface area contributed by atoms with Crippen LogP contribution in [0.4, 0.5) is 0 Å². The van der Waals surface area contributed by atoms with Crippen LogP contribution < -0.4 is 5.19 Å². The van der Waals surface area contributed by atoms with Crippen LogP contribution in [0.15, 0.2) is 42.0 Å². The van der Waals surface area contributed by atoms with E-state index in [1.54, 1.807) is 5.57 Å². The lowest BCUT2D eigenvalue weighted by Gasteiger charge is -2.30. The van der Waals surface area contributed by atoms with Gasteiger partial charge < -0.3 is 0 Å². The monoisotopic (exact) mass is 242 g/mol. The number of rotatable bonds is 3. The zero-order valence-electron chi connectivity index (χ0n) is 11.1. The maximum atomic E-state index is 2.48. The second kappa shape index (κ2) is 5.68. The molecule has 2 rings (SSSR count). The van der Waals surface area contributed by atoms with Gasteiger partial charge in [-0.2, -0.15) is 0 Å². The van der Waals surface area contributed by atoms with Crippen molar-refractivity contribution >= 4 is 14.7 Å². The lowest BCUT2D eigenvalue weighted by atomic mass is 9.82. The molecule has 1 aliphatic rings. The fourth-order valence-corrected chi connectivity index (χ4v) is 4.07. The highest BCUT2D eigenvalue weighted by atomic mass is 28.2. The van der Waals surface area contributed by atoms with Gasteiger partial charge in [-0.1, -0.05) is 61.0 Å². The molecule has 0 fully saturated rings. The molecule has 0 amide bonds. The predicted molar refractivity (Wildman–Crippen MR) is 76.9 cm³/mol. The van der Waals surface area contributed by atoms with Crippen LogP contribution >= 0.6 is 0 Å². The van der Waals surface area contributed by atoms with Gasteiger partial charge in [0.1, 0.15) is 0 Å². The van der Waals surface area contributed by atoms with Crippen LogP contribution in [-0.2, 0) is 0 Å². The summed E-state index contributed by atoms with van der Waals surface area (Å²) in [6.07, 6.45) is 5.15. The van der Waals surface area contributed by atoms with Crippen LogP contribution in [0.3, 0.4) is 0 Å². The lowest BCUT2D eigenvalue weighted by Crippen LogP contribution is -2.25. The van der Waals surface area contributed by atoms with Crippen molar-refractivity contribution in [2.75, 3.05) is 0 Å². The van der Waals surface area contributed by atoms with Gasteiger partial charge in [0.2, 0.25) is 0 Å². The van der Waals surface area contributed by atoms with Crippen molar-refractivity contribution in [1.82, 2.24) is 0 Å². The van der Waals surface area contributed by atoms with Gasteiger partial charge >= 0.3 is 0 Å². The minimum absolute atomic E-state index is 0.790. The molecule has 0 nitrogen and oxygen atoms in total. The van der Waals surface area contributed by atoms with Crippen LogP contribution in [0.2, 0.25) is 5.54 Å². The second-order valence-corrected chi connectivity index (χ2v) is 7.05. The highest BCUT2D eigenvalue weighted by Crippen LogP contribution is 2.36. The fourth-order valence-electron chi connectivity index (χ4n) is 2.52. The molecule has 0 bridgehead atoms.